The summed E-state index contributed by atoms with van der Waals surface area (Å²) in [6.45, 7) is 11.9. The van der Waals surface area contributed by atoms with Crippen molar-refractivity contribution in [2.45, 2.75) is 130 Å². The molecule has 0 aliphatic heterocycles. The normalized spacial score (nSPS) is 11.9. The van der Waals surface area contributed by atoms with Gasteiger partial charge in [-0.2, -0.15) is 155 Å². The second kappa shape index (κ2) is 40.3. The average Bonchev–Trinajstić information content (AvgIpc) is 0.798. The lowest BCUT2D eigenvalue weighted by molar-refractivity contribution is -0.145. The van der Waals surface area contributed by atoms with Gasteiger partial charge in [0.15, 0.2) is 0 Å². The van der Waals surface area contributed by atoms with Crippen LogP contribution in [0.4, 0.5) is 154 Å². The summed E-state index contributed by atoms with van der Waals surface area (Å²) in [7, 11) is 0. The van der Waals surface area contributed by atoms with Crippen LogP contribution < -0.4 is 0 Å². The Bertz CT molecular complexity index is 4270. The fraction of sp³-hybridized carbons (Fsp3) is 0.263. The van der Waals surface area contributed by atoms with Gasteiger partial charge in [0.2, 0.25) is 0 Å². The highest BCUT2D eigenvalue weighted by molar-refractivity contribution is 5.41. The SMILES string of the molecule is Cc1ccc(C#N)cc1C(F)(F)F.Cc1ccc(C#N)cc1C(F)(F)F.Cc1ccc(C(F)(F)F)cc1C(F)(F)F.Cc1ccc(C(F)(F)F)cc1C(F)(F)F.Cc1ccc(F)cc1C(F)(F)F.Cc1ccc(F)cc1C(F)(F)F.Cc1ccccc1C(F)(F)F.Cc1ccccc1C(F)(F)F.Cc1ccccc1C(F)(F)F. The zero-order chi connectivity index (χ0) is 88.0. The van der Waals surface area contributed by atoms with Crippen LogP contribution in [-0.4, -0.2) is 0 Å². The molecule has 9 rings (SSSR count). The van der Waals surface area contributed by atoms with Crippen LogP contribution in [0, 0.1) is 96.6 Å². The summed E-state index contributed by atoms with van der Waals surface area (Å²) in [6.07, 6.45) is -49.4. The van der Waals surface area contributed by atoms with Crippen molar-refractivity contribution in [3.63, 3.8) is 0 Å². The molecule has 0 radical (unpaired) electrons. The summed E-state index contributed by atoms with van der Waals surface area (Å²) in [5.74, 6) is -1.74. The van der Waals surface area contributed by atoms with Gasteiger partial charge in [-0.3, -0.25) is 0 Å². The van der Waals surface area contributed by atoms with E-state index in [0.717, 1.165) is 80.6 Å². The van der Waals surface area contributed by atoms with E-state index in [2.05, 4.69) is 0 Å². The molecule has 0 unspecified atom stereocenters. The molecule has 0 heterocycles. The monoisotopic (exact) mass is 1660 g/mol. The molecular weight excluding hydrogens is 1610 g/mol. The molecule has 0 amide bonds. The Balaban J connectivity index is 0.000000637. The van der Waals surface area contributed by atoms with Gasteiger partial charge in [0.25, 0.3) is 0 Å². The summed E-state index contributed by atoms with van der Waals surface area (Å²) in [6, 6.07) is 35.2. The third-order valence-corrected chi connectivity index (χ3v) is 14.4. The van der Waals surface area contributed by atoms with E-state index in [-0.39, 0.29) is 73.3 Å². The summed E-state index contributed by atoms with van der Waals surface area (Å²) in [5, 5.41) is 16.8. The van der Waals surface area contributed by atoms with Crippen molar-refractivity contribution < 1.29 is 154 Å². The molecule has 0 aromatic heterocycles. The van der Waals surface area contributed by atoms with E-state index in [9.17, 15) is 154 Å². The maximum Gasteiger partial charge on any atom is 0.416 e. The van der Waals surface area contributed by atoms with Crippen molar-refractivity contribution in [1.82, 2.24) is 0 Å². The molecule has 0 bridgehead atoms. The van der Waals surface area contributed by atoms with Gasteiger partial charge in [0.05, 0.1) is 84.5 Å². The largest absolute Gasteiger partial charge is 0.416 e. The van der Waals surface area contributed by atoms with Gasteiger partial charge in [-0.1, -0.05) is 91.0 Å². The molecule has 0 N–H and O–H groups in total. The molecule has 0 aliphatic carbocycles. The van der Waals surface area contributed by atoms with Crippen LogP contribution in [0.25, 0.3) is 0 Å². The van der Waals surface area contributed by atoms with Crippen LogP contribution in [-0.2, 0) is 67.9 Å². The lowest BCUT2D eigenvalue weighted by Crippen LogP contribution is -2.12. The Morgan fingerprint density at radius 3 is 0.522 bits per heavy atom. The van der Waals surface area contributed by atoms with Crippen molar-refractivity contribution >= 4 is 0 Å². The molecule has 2 nitrogen and oxygen atoms in total. The van der Waals surface area contributed by atoms with E-state index in [4.69, 9.17) is 10.5 Å². The molecule has 0 fully saturated rings. The van der Waals surface area contributed by atoms with Crippen LogP contribution in [0.2, 0.25) is 0 Å². The summed E-state index contributed by atoms with van der Waals surface area (Å²) in [5.41, 5.74) is -9.36. The molecular formula is C76H57F35N2. The Morgan fingerprint density at radius 1 is 0.186 bits per heavy atom. The van der Waals surface area contributed by atoms with Crippen LogP contribution >= 0.6 is 0 Å². The fourth-order valence-corrected chi connectivity index (χ4v) is 8.67. The minimum atomic E-state index is -4.76. The van der Waals surface area contributed by atoms with E-state index < -0.39 is 141 Å². The van der Waals surface area contributed by atoms with E-state index in [1.807, 2.05) is 0 Å². The number of hydrogen-bond donors (Lipinski definition) is 0. The van der Waals surface area contributed by atoms with E-state index in [0.29, 0.717) is 24.3 Å². The molecule has 37 heteroatoms. The topological polar surface area (TPSA) is 47.6 Å². The molecule has 113 heavy (non-hydrogen) atoms. The van der Waals surface area contributed by atoms with Gasteiger partial charge >= 0.3 is 67.9 Å². The molecule has 0 spiro atoms. The minimum Gasteiger partial charge on any atom is -0.207 e. The first-order valence-corrected chi connectivity index (χ1v) is 30.7. The average molecular weight is 1660 g/mol. The smallest absolute Gasteiger partial charge is 0.207 e. The highest BCUT2D eigenvalue weighted by Crippen LogP contribution is 2.41. The Morgan fingerprint density at radius 2 is 0.354 bits per heavy atom. The minimum absolute atomic E-state index is 0.0259. The van der Waals surface area contributed by atoms with E-state index >= 15 is 0 Å². The highest BCUT2D eigenvalue weighted by atomic mass is 19.5. The van der Waals surface area contributed by atoms with Crippen LogP contribution in [0.3, 0.4) is 0 Å². The Hall–Kier alpha value is -10.5. The van der Waals surface area contributed by atoms with Crippen molar-refractivity contribution in [3.05, 3.63) is 316 Å². The van der Waals surface area contributed by atoms with Gasteiger partial charge in [0, 0.05) is 0 Å². The number of nitrogens with zero attached hydrogens (tertiary/aromatic N) is 2. The zero-order valence-electron chi connectivity index (χ0n) is 58.9. The van der Waals surface area contributed by atoms with Crippen molar-refractivity contribution in [3.8, 4) is 12.1 Å². The molecule has 0 atom stereocenters. The summed E-state index contributed by atoms with van der Waals surface area (Å²) in [4.78, 5) is 0. The van der Waals surface area contributed by atoms with E-state index in [1.54, 1.807) is 30.3 Å². The highest BCUT2D eigenvalue weighted by Gasteiger charge is 2.41. The standard InChI is InChI=1S/2C9H6F6.2C9H6F3N.2C8H6F4.3C8H7F3/c2*1-5-2-3-6(8(10,11)12)4-7(5)9(13,14)15;2*1-6-2-3-7(5-13)4-8(6)9(10,11)12;2*1-5-2-3-6(9)4-7(5)8(10,11)12;3*1-6-4-2-3-5-7(6)8(9,10)11/h2*2-4H,1H3;2*2-4H,1H3;2*2-4H,1H3;3*2-5H,1H3. The van der Waals surface area contributed by atoms with Gasteiger partial charge in [-0.25, -0.2) is 8.78 Å². The first-order valence-electron chi connectivity index (χ1n) is 30.7. The fourth-order valence-electron chi connectivity index (χ4n) is 8.67. The molecule has 0 saturated heterocycles. The third-order valence-electron chi connectivity index (χ3n) is 14.4. The molecule has 0 saturated carbocycles. The third kappa shape index (κ3) is 34.6. The number of hydrogen-bond acceptors (Lipinski definition) is 2. The number of alkyl halides is 33. The second-order valence-corrected chi connectivity index (χ2v) is 23.2. The molecule has 0 aliphatic rings. The Kier molecular flexibility index (Phi) is 35.9. The Labute approximate surface area is 621 Å². The first kappa shape index (κ1) is 101. The van der Waals surface area contributed by atoms with Crippen molar-refractivity contribution in [2.75, 3.05) is 0 Å². The lowest BCUT2D eigenvalue weighted by Gasteiger charge is -2.13. The van der Waals surface area contributed by atoms with Crippen molar-refractivity contribution in [2.24, 2.45) is 0 Å². The van der Waals surface area contributed by atoms with Gasteiger partial charge < -0.3 is 0 Å². The molecule has 616 valence electrons. The quantitative estimate of drug-likeness (QED) is 0.142. The number of halogens is 35. The first-order chi connectivity index (χ1) is 51.0. The predicted octanol–water partition coefficient (Wildman–Crippen LogP) is 29.2. The van der Waals surface area contributed by atoms with E-state index in [1.165, 1.54) is 109 Å². The number of aryl methyl sites for hydroxylation is 9. The predicted molar refractivity (Wildman–Crippen MR) is 345 cm³/mol. The van der Waals surface area contributed by atoms with Crippen LogP contribution in [0.1, 0.15) is 122 Å². The number of rotatable bonds is 0. The lowest BCUT2D eigenvalue weighted by atomic mass is 10.0. The second-order valence-electron chi connectivity index (χ2n) is 23.2. The number of nitriles is 2. The maximum absolute atomic E-state index is 12.4. The van der Waals surface area contributed by atoms with Gasteiger partial charge in [-0.05, 0) is 203 Å². The van der Waals surface area contributed by atoms with Gasteiger partial charge in [0.1, 0.15) is 11.6 Å². The molecule has 9 aromatic carbocycles. The van der Waals surface area contributed by atoms with Crippen LogP contribution in [0.5, 0.6) is 0 Å². The maximum atomic E-state index is 12.4. The van der Waals surface area contributed by atoms with Crippen LogP contribution in [0.15, 0.2) is 182 Å². The summed E-state index contributed by atoms with van der Waals surface area (Å²) >= 11 is 0. The number of benzene rings is 9. The summed E-state index contributed by atoms with van der Waals surface area (Å²) < 4.78 is 425. The molecule has 9 aromatic rings. The van der Waals surface area contributed by atoms with Crippen molar-refractivity contribution in [1.29, 1.82) is 10.5 Å². The van der Waals surface area contributed by atoms with Gasteiger partial charge in [-0.15, -0.1) is 0 Å². The zero-order valence-corrected chi connectivity index (χ0v) is 58.9.